The van der Waals surface area contributed by atoms with E-state index in [0.717, 1.165) is 41.0 Å². The average molecular weight is 358 g/mol. The maximum Gasteiger partial charge on any atom is 0.130 e. The fourth-order valence-corrected chi connectivity index (χ4v) is 6.73. The molecule has 2 saturated heterocycles. The van der Waals surface area contributed by atoms with Crippen molar-refractivity contribution in [3.8, 4) is 0 Å². The number of rotatable bonds is 3. The van der Waals surface area contributed by atoms with Crippen molar-refractivity contribution in [2.45, 2.75) is 11.0 Å². The Morgan fingerprint density at radius 1 is 1.38 bits per heavy atom. The van der Waals surface area contributed by atoms with Gasteiger partial charge >= 0.3 is 0 Å². The number of thiazole rings is 1. The summed E-state index contributed by atoms with van der Waals surface area (Å²) in [5, 5.41) is 13.3. The van der Waals surface area contributed by atoms with Gasteiger partial charge in [-0.3, -0.25) is 10.2 Å². The van der Waals surface area contributed by atoms with E-state index in [9.17, 15) is 0 Å². The zero-order chi connectivity index (χ0) is 14.1. The molecule has 2 aliphatic rings. The number of aromatic nitrogens is 3. The van der Waals surface area contributed by atoms with E-state index in [-0.39, 0.29) is 5.54 Å². The molecule has 0 saturated carbocycles. The molecule has 0 aromatic carbocycles. The van der Waals surface area contributed by atoms with Crippen molar-refractivity contribution >= 4 is 46.4 Å². The maximum absolute atomic E-state index is 4.65. The highest BCUT2D eigenvalue weighted by Crippen LogP contribution is 2.44. The molecule has 2 aliphatic heterocycles. The van der Waals surface area contributed by atoms with Gasteiger partial charge < -0.3 is 0 Å². The van der Waals surface area contributed by atoms with Gasteiger partial charge in [0.05, 0.1) is 0 Å². The zero-order valence-corrected chi connectivity index (χ0v) is 14.5. The molecule has 2 atom stereocenters. The summed E-state index contributed by atoms with van der Waals surface area (Å²) in [7, 11) is 0. The van der Waals surface area contributed by atoms with Gasteiger partial charge in [-0.05, 0) is 11.5 Å². The predicted molar refractivity (Wildman–Crippen MR) is 91.1 cm³/mol. The van der Waals surface area contributed by atoms with Crippen LogP contribution in [0.5, 0.6) is 0 Å². The van der Waals surface area contributed by atoms with Crippen LogP contribution in [0.3, 0.4) is 0 Å². The third-order valence-electron chi connectivity index (χ3n) is 3.83. The topological polar surface area (TPSA) is 53.9 Å². The molecule has 0 amide bonds. The first-order valence-electron chi connectivity index (χ1n) is 6.78. The molecule has 0 radical (unpaired) electrons. The lowest BCUT2D eigenvalue weighted by Crippen LogP contribution is -2.58. The van der Waals surface area contributed by atoms with E-state index in [2.05, 4.69) is 35.5 Å². The second-order valence-corrected chi connectivity index (χ2v) is 8.71. The maximum atomic E-state index is 4.65. The molecule has 1 N–H and O–H groups in total. The predicted octanol–water partition coefficient (Wildman–Crippen LogP) is 1.91. The Morgan fingerprint density at radius 3 is 3.10 bits per heavy atom. The molecule has 4 heterocycles. The van der Waals surface area contributed by atoms with Crippen molar-refractivity contribution < 1.29 is 0 Å². The highest BCUT2D eigenvalue weighted by Gasteiger charge is 2.49. The highest BCUT2D eigenvalue weighted by molar-refractivity contribution is 8.00. The fourth-order valence-electron chi connectivity index (χ4n) is 2.87. The lowest BCUT2D eigenvalue weighted by Gasteiger charge is -2.46. The lowest BCUT2D eigenvalue weighted by atomic mass is 9.96. The van der Waals surface area contributed by atoms with E-state index in [4.69, 9.17) is 0 Å². The Morgan fingerprint density at radius 2 is 2.38 bits per heavy atom. The molecule has 0 aliphatic carbocycles. The number of nitrogens with one attached hydrogen (secondary N) is 1. The fraction of sp³-hybridized carbons (Fsp3) is 0.583. The van der Waals surface area contributed by atoms with Crippen molar-refractivity contribution in [2.75, 3.05) is 30.3 Å². The first-order valence-corrected chi connectivity index (χ1v) is 10.7. The smallest absolute Gasteiger partial charge is 0.130 e. The molecular weight excluding hydrogens is 342 g/mol. The molecule has 2 fully saturated rings. The molecule has 0 spiro atoms. The van der Waals surface area contributed by atoms with Gasteiger partial charge in [-0.25, -0.2) is 4.98 Å². The van der Waals surface area contributed by atoms with E-state index in [1.54, 1.807) is 11.3 Å². The largest absolute Gasteiger partial charge is 0.292 e. The standard InChI is InChI=1S/C12H15N5S4/c1-4-19-10(13-1)12(9-7-21-16-15-9)8-18-6-3-17(12)11-14-2-5-20-11/h1,4,7,11,14H,2-3,5-6,8H2. The molecule has 112 valence electrons. The monoisotopic (exact) mass is 357 g/mol. The van der Waals surface area contributed by atoms with Crippen molar-refractivity contribution in [3.05, 3.63) is 27.7 Å². The lowest BCUT2D eigenvalue weighted by molar-refractivity contribution is 0.116. The van der Waals surface area contributed by atoms with Gasteiger partial charge in [0.1, 0.15) is 21.7 Å². The molecule has 5 nitrogen and oxygen atoms in total. The van der Waals surface area contributed by atoms with Crippen LogP contribution in [0.25, 0.3) is 0 Å². The molecule has 2 unspecified atom stereocenters. The third kappa shape index (κ3) is 2.43. The zero-order valence-electron chi connectivity index (χ0n) is 11.3. The minimum absolute atomic E-state index is 0.237. The second-order valence-electron chi connectivity index (χ2n) is 4.91. The van der Waals surface area contributed by atoms with Gasteiger partial charge in [-0.2, -0.15) is 11.8 Å². The van der Waals surface area contributed by atoms with Gasteiger partial charge in [-0.15, -0.1) is 28.2 Å². The summed E-state index contributed by atoms with van der Waals surface area (Å²) in [6.45, 7) is 2.12. The van der Waals surface area contributed by atoms with Crippen molar-refractivity contribution in [1.29, 1.82) is 0 Å². The third-order valence-corrected chi connectivity index (χ3v) is 7.53. The van der Waals surface area contributed by atoms with Crippen LogP contribution in [-0.4, -0.2) is 55.3 Å². The van der Waals surface area contributed by atoms with E-state index < -0.39 is 0 Å². The quantitative estimate of drug-likeness (QED) is 0.900. The number of hydrogen-bond acceptors (Lipinski definition) is 9. The summed E-state index contributed by atoms with van der Waals surface area (Å²) in [5.41, 5.74) is 1.15. The van der Waals surface area contributed by atoms with Crippen LogP contribution in [-0.2, 0) is 5.54 Å². The highest BCUT2D eigenvalue weighted by atomic mass is 32.2. The molecule has 2 aromatic rings. The van der Waals surface area contributed by atoms with Gasteiger partial charge in [0.25, 0.3) is 0 Å². The normalized spacial score (nSPS) is 30.8. The van der Waals surface area contributed by atoms with Crippen LogP contribution in [0.15, 0.2) is 17.0 Å². The molecule has 9 heteroatoms. The summed E-state index contributed by atoms with van der Waals surface area (Å²) in [5.74, 6) is 3.31. The summed E-state index contributed by atoms with van der Waals surface area (Å²) >= 11 is 7.12. The Balaban J connectivity index is 1.83. The molecule has 2 aromatic heterocycles. The summed E-state index contributed by atoms with van der Waals surface area (Å²) < 4.78 is 4.12. The average Bonchev–Trinajstić information content (AvgIpc) is 3.29. The van der Waals surface area contributed by atoms with E-state index in [1.807, 2.05) is 29.7 Å². The number of nitrogens with zero attached hydrogens (tertiary/aromatic N) is 4. The van der Waals surface area contributed by atoms with E-state index in [0.29, 0.717) is 5.50 Å². The summed E-state index contributed by atoms with van der Waals surface area (Å²) in [6, 6.07) is 0. The van der Waals surface area contributed by atoms with E-state index >= 15 is 0 Å². The Labute approximate surface area is 140 Å². The SMILES string of the molecule is c1csc(C2(c3csnn3)CSCCN2C2NCCS2)n1. The van der Waals surface area contributed by atoms with Crippen LogP contribution in [0.1, 0.15) is 10.7 Å². The van der Waals surface area contributed by atoms with E-state index in [1.165, 1.54) is 11.5 Å². The van der Waals surface area contributed by atoms with Crippen LogP contribution < -0.4 is 5.32 Å². The van der Waals surface area contributed by atoms with Crippen molar-refractivity contribution in [3.63, 3.8) is 0 Å². The Kier molecular flexibility index (Phi) is 4.21. The van der Waals surface area contributed by atoms with Gasteiger partial charge in [0.2, 0.25) is 0 Å². The van der Waals surface area contributed by atoms with Gasteiger partial charge in [0, 0.05) is 47.3 Å². The Hall–Kier alpha value is -0.190. The van der Waals surface area contributed by atoms with Crippen LogP contribution in [0.4, 0.5) is 0 Å². The van der Waals surface area contributed by atoms with Crippen LogP contribution in [0.2, 0.25) is 0 Å². The molecular formula is C12H15N5S4. The van der Waals surface area contributed by atoms with Crippen molar-refractivity contribution in [1.82, 2.24) is 24.8 Å². The molecule has 4 rings (SSSR count). The molecule has 21 heavy (non-hydrogen) atoms. The summed E-state index contributed by atoms with van der Waals surface area (Å²) in [4.78, 5) is 7.21. The Bertz CT molecular complexity index is 532. The second kappa shape index (κ2) is 6.13. The van der Waals surface area contributed by atoms with Gasteiger partial charge in [-0.1, -0.05) is 4.49 Å². The number of thioether (sulfide) groups is 2. The first kappa shape index (κ1) is 14.4. The minimum atomic E-state index is -0.237. The van der Waals surface area contributed by atoms with Crippen LogP contribution in [0, 0.1) is 0 Å². The first-order chi connectivity index (χ1) is 10.4. The van der Waals surface area contributed by atoms with Crippen molar-refractivity contribution in [2.24, 2.45) is 0 Å². The minimum Gasteiger partial charge on any atom is -0.292 e. The van der Waals surface area contributed by atoms with Gasteiger partial charge in [0.15, 0.2) is 0 Å². The van der Waals surface area contributed by atoms with Crippen LogP contribution >= 0.6 is 46.4 Å². The molecule has 0 bridgehead atoms. The summed E-state index contributed by atoms with van der Waals surface area (Å²) in [6.07, 6.45) is 1.90. The number of hydrogen-bond donors (Lipinski definition) is 1.